The lowest BCUT2D eigenvalue weighted by atomic mass is 9.80. The summed E-state index contributed by atoms with van der Waals surface area (Å²) in [6.45, 7) is 5.49. The molecule has 0 unspecified atom stereocenters. The molecule has 10 nitrogen and oxygen atoms in total. The molecule has 3 aromatic rings. The smallest absolute Gasteiger partial charge is 0.355 e. The van der Waals surface area contributed by atoms with E-state index in [0.717, 1.165) is 0 Å². The van der Waals surface area contributed by atoms with Crippen molar-refractivity contribution in [3.63, 3.8) is 0 Å². The number of carbonyl (C=O) groups excluding carboxylic acids is 2. The molecule has 1 saturated carbocycles. The third kappa shape index (κ3) is 6.64. The van der Waals surface area contributed by atoms with Crippen molar-refractivity contribution < 1.29 is 31.5 Å². The van der Waals surface area contributed by atoms with Gasteiger partial charge in [0.15, 0.2) is 0 Å². The molecule has 1 aliphatic heterocycles. The van der Waals surface area contributed by atoms with Crippen LogP contribution in [-0.2, 0) is 17.8 Å². The summed E-state index contributed by atoms with van der Waals surface area (Å²) in [6, 6.07) is 0.661. The number of aromatic nitrogens is 6. The van der Waals surface area contributed by atoms with Crippen LogP contribution < -0.4 is 10.6 Å². The van der Waals surface area contributed by atoms with Gasteiger partial charge in [0, 0.05) is 44.5 Å². The summed E-state index contributed by atoms with van der Waals surface area (Å²) in [5, 5.41) is 14.0. The molecule has 2 N–H and O–H groups in total. The van der Waals surface area contributed by atoms with E-state index in [1.54, 1.807) is 6.07 Å². The van der Waals surface area contributed by atoms with E-state index in [1.165, 1.54) is 21.6 Å². The highest BCUT2D eigenvalue weighted by molar-refractivity contribution is 5.92. The molecule has 1 aliphatic carbocycles. The number of amides is 2. The van der Waals surface area contributed by atoms with Gasteiger partial charge in [-0.15, -0.1) is 0 Å². The van der Waals surface area contributed by atoms with E-state index >= 15 is 0 Å². The van der Waals surface area contributed by atoms with Gasteiger partial charge in [-0.1, -0.05) is 13.8 Å². The van der Waals surface area contributed by atoms with Gasteiger partial charge in [0.25, 0.3) is 11.7 Å². The Morgan fingerprint density at radius 3 is 2.70 bits per heavy atom. The van der Waals surface area contributed by atoms with Crippen molar-refractivity contribution in [2.45, 2.75) is 89.9 Å². The van der Waals surface area contributed by atoms with Gasteiger partial charge in [0.05, 0.1) is 35.2 Å². The van der Waals surface area contributed by atoms with Crippen molar-refractivity contribution in [1.29, 1.82) is 0 Å². The van der Waals surface area contributed by atoms with Crippen molar-refractivity contribution in [3.05, 3.63) is 41.2 Å². The Balaban J connectivity index is 1.49. The number of hydrogen-bond donors (Lipinski definition) is 2. The molecule has 2 amide bonds. The van der Waals surface area contributed by atoms with Crippen LogP contribution >= 0.6 is 0 Å². The lowest BCUT2D eigenvalue weighted by Crippen LogP contribution is -2.47. The molecule has 43 heavy (non-hydrogen) atoms. The van der Waals surface area contributed by atoms with Crippen LogP contribution in [0.15, 0.2) is 18.5 Å². The summed E-state index contributed by atoms with van der Waals surface area (Å²) in [4.78, 5) is 35.0. The average Bonchev–Trinajstić information content (AvgIpc) is 3.57. The molecular formula is C28H35F5N8O2. The Hall–Kier alpha value is -3.65. The van der Waals surface area contributed by atoms with E-state index < -0.39 is 60.7 Å². The lowest BCUT2D eigenvalue weighted by molar-refractivity contribution is -0.183. The second-order valence-corrected chi connectivity index (χ2v) is 11.8. The summed E-state index contributed by atoms with van der Waals surface area (Å²) in [5.74, 6) is -7.12. The minimum absolute atomic E-state index is 0.0571. The molecule has 2 fully saturated rings. The second-order valence-electron chi connectivity index (χ2n) is 11.8. The molecule has 5 rings (SSSR count). The summed E-state index contributed by atoms with van der Waals surface area (Å²) in [6.07, 6.45) is -1.80. The molecule has 1 saturated heterocycles. The molecule has 0 bridgehead atoms. The SMILES string of the molecule is CCn1nccc1C(=O)N[C@H](c1cn2nc(C[C@H]3C[C@@H](C(F)(F)F)CNC3=O)c(C(C)C)nc2n1)[C@@H]1CCCC(F)(F)C1. The first kappa shape index (κ1) is 30.8. The maximum atomic E-state index is 14.5. The molecule has 0 spiro atoms. The van der Waals surface area contributed by atoms with E-state index in [0.29, 0.717) is 24.4 Å². The van der Waals surface area contributed by atoms with E-state index in [2.05, 4.69) is 30.8 Å². The second kappa shape index (κ2) is 11.8. The number of nitrogens with one attached hydrogen (secondary N) is 2. The van der Waals surface area contributed by atoms with Gasteiger partial charge in [0.1, 0.15) is 5.69 Å². The van der Waals surface area contributed by atoms with Crippen LogP contribution in [0.3, 0.4) is 0 Å². The van der Waals surface area contributed by atoms with Crippen molar-refractivity contribution in [2.75, 3.05) is 6.54 Å². The van der Waals surface area contributed by atoms with E-state index in [1.807, 2.05) is 20.8 Å². The van der Waals surface area contributed by atoms with Gasteiger partial charge in [-0.05, 0) is 44.1 Å². The Labute approximate surface area is 244 Å². The molecule has 2 aliphatic rings. The van der Waals surface area contributed by atoms with Crippen LogP contribution in [0.25, 0.3) is 5.78 Å². The highest BCUT2D eigenvalue weighted by Gasteiger charge is 2.45. The number of fused-ring (bicyclic) bond motifs is 1. The molecule has 15 heteroatoms. The number of rotatable bonds is 8. The maximum Gasteiger partial charge on any atom is 0.393 e. The maximum absolute atomic E-state index is 14.5. The van der Waals surface area contributed by atoms with Crippen LogP contribution in [-0.4, -0.2) is 59.8 Å². The zero-order chi connectivity index (χ0) is 31.1. The van der Waals surface area contributed by atoms with Gasteiger partial charge >= 0.3 is 6.18 Å². The third-order valence-electron chi connectivity index (χ3n) is 8.35. The molecule has 3 aromatic heterocycles. The number of imidazole rings is 1. The Kier molecular flexibility index (Phi) is 8.45. The number of nitrogens with zero attached hydrogens (tertiary/aromatic N) is 6. The highest BCUT2D eigenvalue weighted by atomic mass is 19.4. The fourth-order valence-corrected chi connectivity index (χ4v) is 6.12. The average molecular weight is 611 g/mol. The largest absolute Gasteiger partial charge is 0.393 e. The molecule has 4 heterocycles. The Bertz CT molecular complexity index is 1480. The fraction of sp³-hybridized carbons (Fsp3) is 0.643. The number of hydrogen-bond acceptors (Lipinski definition) is 6. The standard InChI is InChI=1S/C28H35F5N8O2/c1-4-40-21(7-9-35-40)25(43)37-23(16-6-5-8-27(29,30)12-16)20-14-41-26(36-20)38-22(15(2)3)19(39-41)11-17-10-18(28(31,32)33)13-34-24(17)42/h7,9,14-18,23H,4-6,8,10-13H2,1-3H3,(H,34,42)(H,37,43)/t16-,17-,18-,23+/m1/s1. The van der Waals surface area contributed by atoms with Crippen LogP contribution in [0.5, 0.6) is 0 Å². The van der Waals surface area contributed by atoms with Crippen molar-refractivity contribution in [3.8, 4) is 0 Å². The zero-order valence-corrected chi connectivity index (χ0v) is 24.2. The van der Waals surface area contributed by atoms with E-state index in [-0.39, 0.29) is 48.8 Å². The molecule has 0 radical (unpaired) electrons. The minimum Gasteiger partial charge on any atom is -0.355 e. The number of aryl methyl sites for hydroxylation is 1. The lowest BCUT2D eigenvalue weighted by Gasteiger charge is -2.34. The first-order valence-corrected chi connectivity index (χ1v) is 14.6. The van der Waals surface area contributed by atoms with Crippen LogP contribution in [0.2, 0.25) is 0 Å². The summed E-state index contributed by atoms with van der Waals surface area (Å²) in [5.41, 5.74) is 1.40. The summed E-state index contributed by atoms with van der Waals surface area (Å²) < 4.78 is 72.2. The van der Waals surface area contributed by atoms with Gasteiger partial charge < -0.3 is 10.6 Å². The number of piperidine rings is 1. The van der Waals surface area contributed by atoms with Crippen molar-refractivity contribution in [1.82, 2.24) is 40.0 Å². The molecule has 0 aromatic carbocycles. The monoisotopic (exact) mass is 610 g/mol. The number of halogens is 5. The number of alkyl halides is 5. The van der Waals surface area contributed by atoms with Crippen LogP contribution in [0.4, 0.5) is 22.0 Å². The molecule has 4 atom stereocenters. The minimum atomic E-state index is -4.44. The first-order chi connectivity index (χ1) is 20.3. The first-order valence-electron chi connectivity index (χ1n) is 14.6. The van der Waals surface area contributed by atoms with Gasteiger partial charge in [-0.25, -0.2) is 23.3 Å². The van der Waals surface area contributed by atoms with E-state index in [4.69, 9.17) is 0 Å². The molecule has 234 valence electrons. The van der Waals surface area contributed by atoms with Crippen molar-refractivity contribution in [2.24, 2.45) is 17.8 Å². The normalized spacial score (nSPS) is 23.4. The van der Waals surface area contributed by atoms with E-state index in [9.17, 15) is 31.5 Å². The van der Waals surface area contributed by atoms with Gasteiger partial charge in [-0.3, -0.25) is 14.3 Å². The van der Waals surface area contributed by atoms with Gasteiger partial charge in [-0.2, -0.15) is 23.4 Å². The predicted molar refractivity (Wildman–Crippen MR) is 144 cm³/mol. The highest BCUT2D eigenvalue weighted by Crippen LogP contribution is 2.42. The van der Waals surface area contributed by atoms with Crippen molar-refractivity contribution >= 4 is 17.6 Å². The fourth-order valence-electron chi connectivity index (χ4n) is 6.12. The van der Waals surface area contributed by atoms with Crippen LogP contribution in [0, 0.1) is 17.8 Å². The Morgan fingerprint density at radius 1 is 1.26 bits per heavy atom. The number of carbonyl (C=O) groups is 2. The van der Waals surface area contributed by atoms with Gasteiger partial charge in [0.2, 0.25) is 11.8 Å². The third-order valence-corrected chi connectivity index (χ3v) is 8.35. The summed E-state index contributed by atoms with van der Waals surface area (Å²) in [7, 11) is 0. The molecular weight excluding hydrogens is 575 g/mol. The van der Waals surface area contributed by atoms with Crippen LogP contribution in [0.1, 0.15) is 92.4 Å². The topological polar surface area (TPSA) is 119 Å². The Morgan fingerprint density at radius 2 is 2.02 bits per heavy atom. The zero-order valence-electron chi connectivity index (χ0n) is 24.2. The predicted octanol–water partition coefficient (Wildman–Crippen LogP) is 4.62. The quantitative estimate of drug-likeness (QED) is 0.360. The summed E-state index contributed by atoms with van der Waals surface area (Å²) >= 11 is 0.